The molecule has 3 aromatic heterocycles. The van der Waals surface area contributed by atoms with Crippen molar-refractivity contribution in [2.24, 2.45) is 0 Å². The number of aromatic nitrogens is 3. The van der Waals surface area contributed by atoms with Gasteiger partial charge in [0.1, 0.15) is 5.60 Å². The van der Waals surface area contributed by atoms with Gasteiger partial charge < -0.3 is 14.4 Å². The molecule has 0 N–H and O–H groups in total. The predicted octanol–water partition coefficient (Wildman–Crippen LogP) is 6.31. The third-order valence-electron chi connectivity index (χ3n) is 6.75. The number of aryl methyl sites for hydroxylation is 1. The molecule has 1 aromatic carbocycles. The SMILES string of the molecule is CSc1ccc2cn(-c3ccc(-c4cccc(C)n4)cc3Cl)c(=O)c(C[C@@H]3CN(C(=O)OC(C)(C)C)CCO3)c2n1. The van der Waals surface area contributed by atoms with Crippen LogP contribution in [0.2, 0.25) is 5.02 Å². The first kappa shape index (κ1) is 29.1. The molecule has 0 unspecified atom stereocenters. The number of hydrogen-bond donors (Lipinski definition) is 0. The van der Waals surface area contributed by atoms with Crippen LogP contribution < -0.4 is 5.56 Å². The molecule has 214 valence electrons. The minimum atomic E-state index is -0.601. The molecule has 41 heavy (non-hydrogen) atoms. The zero-order chi connectivity index (χ0) is 29.3. The zero-order valence-electron chi connectivity index (χ0n) is 23.8. The second-order valence-electron chi connectivity index (χ2n) is 11.0. The number of carbonyl (C=O) groups excluding carboxylic acids is 1. The van der Waals surface area contributed by atoms with Crippen LogP contribution in [0.25, 0.3) is 27.8 Å². The van der Waals surface area contributed by atoms with E-state index in [1.54, 1.807) is 15.7 Å². The number of ether oxygens (including phenoxy) is 2. The Morgan fingerprint density at radius 1 is 1.17 bits per heavy atom. The maximum Gasteiger partial charge on any atom is 0.410 e. The van der Waals surface area contributed by atoms with Crippen molar-refractivity contribution in [3.05, 3.63) is 81.4 Å². The van der Waals surface area contributed by atoms with Crippen molar-refractivity contribution in [3.8, 4) is 16.9 Å². The van der Waals surface area contributed by atoms with Gasteiger partial charge >= 0.3 is 6.09 Å². The predicted molar refractivity (Wildman–Crippen MR) is 163 cm³/mol. The lowest BCUT2D eigenvalue weighted by atomic mass is 10.0. The molecule has 5 rings (SSSR count). The van der Waals surface area contributed by atoms with Crippen LogP contribution in [0.4, 0.5) is 4.79 Å². The molecule has 0 bridgehead atoms. The van der Waals surface area contributed by atoms with Crippen molar-refractivity contribution >= 4 is 40.4 Å². The molecule has 0 aliphatic carbocycles. The molecular formula is C31H33ClN4O4S. The van der Waals surface area contributed by atoms with Gasteiger partial charge in [-0.1, -0.05) is 23.7 Å². The third kappa shape index (κ3) is 6.58. The molecule has 1 fully saturated rings. The number of carbonyl (C=O) groups is 1. The van der Waals surface area contributed by atoms with E-state index in [-0.39, 0.29) is 18.1 Å². The van der Waals surface area contributed by atoms with Crippen LogP contribution >= 0.6 is 23.4 Å². The number of pyridine rings is 3. The van der Waals surface area contributed by atoms with Crippen LogP contribution in [0, 0.1) is 6.92 Å². The van der Waals surface area contributed by atoms with Gasteiger partial charge in [-0.15, -0.1) is 11.8 Å². The van der Waals surface area contributed by atoms with E-state index in [1.807, 2.05) is 82.5 Å². The van der Waals surface area contributed by atoms with Gasteiger partial charge in [0.15, 0.2) is 0 Å². The largest absolute Gasteiger partial charge is 0.444 e. The van der Waals surface area contributed by atoms with Gasteiger partial charge in [-0.25, -0.2) is 9.78 Å². The van der Waals surface area contributed by atoms with E-state index in [2.05, 4.69) is 4.98 Å². The summed E-state index contributed by atoms with van der Waals surface area (Å²) in [5, 5.41) is 2.04. The van der Waals surface area contributed by atoms with Gasteiger partial charge in [0.25, 0.3) is 5.56 Å². The Morgan fingerprint density at radius 2 is 1.98 bits per heavy atom. The monoisotopic (exact) mass is 592 g/mol. The lowest BCUT2D eigenvalue weighted by Gasteiger charge is -2.34. The van der Waals surface area contributed by atoms with Crippen molar-refractivity contribution in [2.45, 2.75) is 50.8 Å². The molecule has 0 saturated carbocycles. The Balaban J connectivity index is 1.54. The topological polar surface area (TPSA) is 86.6 Å². The molecule has 10 heteroatoms. The number of morpholine rings is 1. The lowest BCUT2D eigenvalue weighted by Crippen LogP contribution is -2.48. The third-order valence-corrected chi connectivity index (χ3v) is 7.70. The highest BCUT2D eigenvalue weighted by Crippen LogP contribution is 2.29. The van der Waals surface area contributed by atoms with Gasteiger partial charge in [0.2, 0.25) is 0 Å². The molecule has 4 aromatic rings. The highest BCUT2D eigenvalue weighted by atomic mass is 35.5. The average Bonchev–Trinajstić information content (AvgIpc) is 2.93. The van der Waals surface area contributed by atoms with Gasteiger partial charge in [0, 0.05) is 41.4 Å². The zero-order valence-corrected chi connectivity index (χ0v) is 25.4. The number of benzene rings is 1. The van der Waals surface area contributed by atoms with E-state index >= 15 is 0 Å². The molecule has 0 radical (unpaired) electrons. The molecule has 1 amide bonds. The fourth-order valence-electron chi connectivity index (χ4n) is 4.85. The van der Waals surface area contributed by atoms with Crippen LogP contribution in [-0.4, -0.2) is 63.2 Å². The number of amides is 1. The maximum absolute atomic E-state index is 14.1. The molecule has 0 spiro atoms. The van der Waals surface area contributed by atoms with Crippen LogP contribution in [-0.2, 0) is 15.9 Å². The summed E-state index contributed by atoms with van der Waals surface area (Å²) < 4.78 is 13.2. The molecule has 8 nitrogen and oxygen atoms in total. The van der Waals surface area contributed by atoms with E-state index in [4.69, 9.17) is 26.1 Å². The van der Waals surface area contributed by atoms with Gasteiger partial charge in [-0.3, -0.25) is 14.3 Å². The molecule has 1 saturated heterocycles. The summed E-state index contributed by atoms with van der Waals surface area (Å²) in [4.78, 5) is 37.9. The summed E-state index contributed by atoms with van der Waals surface area (Å²) in [6.45, 7) is 8.55. The Morgan fingerprint density at radius 3 is 2.68 bits per heavy atom. The summed E-state index contributed by atoms with van der Waals surface area (Å²) in [6, 6.07) is 15.3. The Labute approximate surface area is 248 Å². The minimum absolute atomic E-state index is 0.232. The number of nitrogens with zero attached hydrogens (tertiary/aromatic N) is 4. The van der Waals surface area contributed by atoms with Crippen molar-refractivity contribution in [1.29, 1.82) is 0 Å². The molecule has 1 aliphatic heterocycles. The summed E-state index contributed by atoms with van der Waals surface area (Å²) in [5.41, 5.74) is 3.43. The molecule has 4 heterocycles. The van der Waals surface area contributed by atoms with Crippen LogP contribution in [0.15, 0.2) is 64.5 Å². The van der Waals surface area contributed by atoms with Crippen molar-refractivity contribution in [2.75, 3.05) is 26.0 Å². The van der Waals surface area contributed by atoms with Crippen molar-refractivity contribution < 1.29 is 14.3 Å². The van der Waals surface area contributed by atoms with Crippen molar-refractivity contribution in [3.63, 3.8) is 0 Å². The fraction of sp³-hybridized carbons (Fsp3) is 0.355. The smallest absolute Gasteiger partial charge is 0.410 e. The second kappa shape index (κ2) is 11.8. The number of rotatable bonds is 5. The van der Waals surface area contributed by atoms with Crippen LogP contribution in [0.5, 0.6) is 0 Å². The van der Waals surface area contributed by atoms with Gasteiger partial charge in [-0.05, 0) is 70.3 Å². The van der Waals surface area contributed by atoms with E-state index in [0.29, 0.717) is 41.5 Å². The molecule has 1 atom stereocenters. The number of thioether (sulfide) groups is 1. The summed E-state index contributed by atoms with van der Waals surface area (Å²) in [7, 11) is 0. The summed E-state index contributed by atoms with van der Waals surface area (Å²) in [5.74, 6) is 0. The Hall–Kier alpha value is -3.40. The summed E-state index contributed by atoms with van der Waals surface area (Å²) >= 11 is 8.30. The number of fused-ring (bicyclic) bond motifs is 1. The Bertz CT molecular complexity index is 1670. The lowest BCUT2D eigenvalue weighted by molar-refractivity contribution is -0.0415. The quantitative estimate of drug-likeness (QED) is 0.251. The first-order chi connectivity index (χ1) is 19.5. The minimum Gasteiger partial charge on any atom is -0.444 e. The highest BCUT2D eigenvalue weighted by Gasteiger charge is 2.30. The average molecular weight is 593 g/mol. The van der Waals surface area contributed by atoms with Crippen LogP contribution in [0.3, 0.4) is 0 Å². The normalized spacial score (nSPS) is 15.8. The Kier molecular flexibility index (Phi) is 8.40. The summed E-state index contributed by atoms with van der Waals surface area (Å²) in [6.07, 6.45) is 3.22. The number of halogens is 1. The van der Waals surface area contributed by atoms with Gasteiger partial charge in [-0.2, -0.15) is 0 Å². The fourth-order valence-corrected chi connectivity index (χ4v) is 5.51. The van der Waals surface area contributed by atoms with E-state index in [0.717, 1.165) is 27.4 Å². The van der Waals surface area contributed by atoms with E-state index in [1.165, 1.54) is 11.8 Å². The highest BCUT2D eigenvalue weighted by molar-refractivity contribution is 7.98. The first-order valence-electron chi connectivity index (χ1n) is 13.4. The standard InChI is InChI=1S/C31H33ClN4O4S/c1-19-7-6-8-25(33-19)20-9-11-26(24(32)15-20)36-17-21-10-12-27(41-5)34-28(21)23(29(36)37)16-22-18-35(13-14-39-22)30(38)40-31(2,3)4/h6-12,15,17,22H,13-14,16,18H2,1-5H3/t22-/m1/s1. The second-order valence-corrected chi connectivity index (χ2v) is 12.3. The van der Waals surface area contributed by atoms with Gasteiger partial charge in [0.05, 0.1) is 46.2 Å². The molecule has 1 aliphatic rings. The maximum atomic E-state index is 14.1. The van der Waals surface area contributed by atoms with E-state index in [9.17, 15) is 9.59 Å². The first-order valence-corrected chi connectivity index (χ1v) is 15.1. The van der Waals surface area contributed by atoms with E-state index < -0.39 is 11.7 Å². The van der Waals surface area contributed by atoms with Crippen molar-refractivity contribution in [1.82, 2.24) is 19.4 Å². The number of hydrogen-bond acceptors (Lipinski definition) is 7. The molecular weight excluding hydrogens is 560 g/mol. The van der Waals surface area contributed by atoms with Crippen LogP contribution in [0.1, 0.15) is 32.0 Å².